The van der Waals surface area contributed by atoms with Crippen LogP contribution in [0.25, 0.3) is 10.2 Å². The van der Waals surface area contributed by atoms with Crippen LogP contribution in [0.2, 0.25) is 0 Å². The number of nitrogens with zero attached hydrogens (tertiary/aromatic N) is 2. The van der Waals surface area contributed by atoms with Gasteiger partial charge in [-0.15, -0.1) is 11.3 Å². The molecule has 5 nitrogen and oxygen atoms in total. The highest BCUT2D eigenvalue weighted by atomic mass is 32.1. The van der Waals surface area contributed by atoms with Crippen molar-refractivity contribution in [1.29, 1.82) is 0 Å². The molecule has 2 aromatic heterocycles. The van der Waals surface area contributed by atoms with Gasteiger partial charge in [0.25, 0.3) is 5.91 Å². The number of thiophene rings is 1. The molecule has 0 saturated heterocycles. The molecular weight excluding hydrogens is 382 g/mol. The van der Waals surface area contributed by atoms with E-state index in [9.17, 15) is 9.59 Å². The Morgan fingerprint density at radius 1 is 1.10 bits per heavy atom. The van der Waals surface area contributed by atoms with Crippen LogP contribution < -0.4 is 5.32 Å². The molecule has 1 atom stereocenters. The van der Waals surface area contributed by atoms with Crippen LogP contribution in [0.15, 0.2) is 17.5 Å². The van der Waals surface area contributed by atoms with E-state index in [0.717, 1.165) is 54.4 Å². The minimum absolute atomic E-state index is 0.0334. The molecule has 5 rings (SSSR count). The minimum Gasteiger partial charge on any atom is -0.351 e. The first-order chi connectivity index (χ1) is 14.1. The van der Waals surface area contributed by atoms with E-state index in [2.05, 4.69) is 21.3 Å². The molecule has 1 aliphatic heterocycles. The number of amides is 2. The van der Waals surface area contributed by atoms with Gasteiger partial charge in [0, 0.05) is 12.1 Å². The lowest BCUT2D eigenvalue weighted by atomic mass is 9.86. The number of carbonyl (C=O) groups is 2. The molecule has 0 spiro atoms. The van der Waals surface area contributed by atoms with Crippen molar-refractivity contribution in [2.45, 2.75) is 95.3 Å². The van der Waals surface area contributed by atoms with Gasteiger partial charge in [0.15, 0.2) is 0 Å². The maximum atomic E-state index is 13.7. The van der Waals surface area contributed by atoms with E-state index in [1.807, 2.05) is 17.9 Å². The van der Waals surface area contributed by atoms with E-state index in [1.54, 1.807) is 11.3 Å². The molecule has 156 valence electrons. The van der Waals surface area contributed by atoms with Gasteiger partial charge in [0.2, 0.25) is 5.91 Å². The van der Waals surface area contributed by atoms with Gasteiger partial charge in [-0.3, -0.25) is 9.59 Å². The molecule has 2 aromatic rings. The lowest BCUT2D eigenvalue weighted by Crippen LogP contribution is -2.67. The molecule has 0 unspecified atom stereocenters. The molecule has 6 heteroatoms. The van der Waals surface area contributed by atoms with Crippen LogP contribution in [-0.2, 0) is 11.3 Å². The van der Waals surface area contributed by atoms with E-state index < -0.39 is 5.54 Å². The van der Waals surface area contributed by atoms with Gasteiger partial charge >= 0.3 is 0 Å². The van der Waals surface area contributed by atoms with E-state index in [4.69, 9.17) is 0 Å². The van der Waals surface area contributed by atoms with Crippen molar-refractivity contribution in [3.05, 3.63) is 23.2 Å². The molecular formula is C23H31N3O2S. The summed E-state index contributed by atoms with van der Waals surface area (Å²) in [5.41, 5.74) is 0.996. The van der Waals surface area contributed by atoms with Crippen molar-refractivity contribution in [2.75, 3.05) is 0 Å². The second-order valence-corrected chi connectivity index (χ2v) is 10.3. The van der Waals surface area contributed by atoms with Gasteiger partial charge in [-0.1, -0.05) is 38.5 Å². The Labute approximate surface area is 176 Å². The fourth-order valence-electron chi connectivity index (χ4n) is 5.73. The third-order valence-electron chi connectivity index (χ3n) is 7.33. The maximum Gasteiger partial charge on any atom is 0.271 e. The Morgan fingerprint density at radius 3 is 2.52 bits per heavy atom. The third kappa shape index (κ3) is 3.20. The van der Waals surface area contributed by atoms with Crippen LogP contribution in [0.4, 0.5) is 0 Å². The number of hydrogen-bond donors (Lipinski definition) is 1. The Bertz CT molecular complexity index is 920. The summed E-state index contributed by atoms with van der Waals surface area (Å²) in [6.07, 6.45) is 11.3. The van der Waals surface area contributed by atoms with Crippen molar-refractivity contribution in [3.8, 4) is 0 Å². The molecule has 1 N–H and O–H groups in total. The van der Waals surface area contributed by atoms with Crippen molar-refractivity contribution in [3.63, 3.8) is 0 Å². The number of aromatic nitrogens is 1. The summed E-state index contributed by atoms with van der Waals surface area (Å²) < 4.78 is 3.22. The molecule has 2 amide bonds. The lowest BCUT2D eigenvalue weighted by Gasteiger charge is -2.49. The number of fused-ring (bicyclic) bond motifs is 3. The van der Waals surface area contributed by atoms with Crippen LogP contribution in [0.3, 0.4) is 0 Å². The van der Waals surface area contributed by atoms with Crippen molar-refractivity contribution in [2.24, 2.45) is 0 Å². The SMILES string of the molecule is C[C@@]1(C(=O)NC2CCCCC2)Cn2c(cc3sccc32)C(=O)N1C1CCCCC1. The van der Waals surface area contributed by atoms with E-state index in [0.29, 0.717) is 6.54 Å². The fraction of sp³-hybridized carbons (Fsp3) is 0.652. The molecule has 0 bridgehead atoms. The summed E-state index contributed by atoms with van der Waals surface area (Å²) in [5.74, 6) is 0.0684. The average Bonchev–Trinajstić information content (AvgIpc) is 3.32. The van der Waals surface area contributed by atoms with Gasteiger partial charge < -0.3 is 14.8 Å². The van der Waals surface area contributed by atoms with Gasteiger partial charge in [0.1, 0.15) is 11.2 Å². The molecule has 0 radical (unpaired) electrons. The van der Waals surface area contributed by atoms with Crippen LogP contribution in [0.1, 0.15) is 81.6 Å². The molecule has 29 heavy (non-hydrogen) atoms. The standard InChI is InChI=1S/C23H31N3O2S/c1-23(22(28)24-16-8-4-2-5-9-16)15-25-18-12-13-29-20(18)14-19(25)21(27)26(23)17-10-6-3-7-11-17/h12-14,16-17H,2-11,15H2,1H3,(H,24,28)/t23-/m0/s1. The largest absolute Gasteiger partial charge is 0.351 e. The molecule has 3 aliphatic rings. The Morgan fingerprint density at radius 2 is 1.79 bits per heavy atom. The Hall–Kier alpha value is -1.82. The zero-order valence-electron chi connectivity index (χ0n) is 17.3. The van der Waals surface area contributed by atoms with Crippen LogP contribution in [0, 0.1) is 0 Å². The Balaban J connectivity index is 1.53. The summed E-state index contributed by atoms with van der Waals surface area (Å²) in [6.45, 7) is 2.54. The smallest absolute Gasteiger partial charge is 0.271 e. The third-order valence-corrected chi connectivity index (χ3v) is 8.18. The van der Waals surface area contributed by atoms with Crippen LogP contribution in [0.5, 0.6) is 0 Å². The average molecular weight is 414 g/mol. The van der Waals surface area contributed by atoms with Gasteiger partial charge in [-0.2, -0.15) is 0 Å². The van der Waals surface area contributed by atoms with E-state index in [1.165, 1.54) is 25.7 Å². The highest BCUT2D eigenvalue weighted by molar-refractivity contribution is 7.17. The molecule has 2 saturated carbocycles. The van der Waals surface area contributed by atoms with Gasteiger partial charge in [0.05, 0.1) is 16.8 Å². The summed E-state index contributed by atoms with van der Waals surface area (Å²) >= 11 is 1.66. The second kappa shape index (κ2) is 7.46. The quantitative estimate of drug-likeness (QED) is 0.793. The normalized spacial score (nSPS) is 26.7. The summed E-state index contributed by atoms with van der Waals surface area (Å²) in [4.78, 5) is 29.4. The van der Waals surface area contributed by atoms with Crippen molar-refractivity contribution >= 4 is 33.4 Å². The summed E-state index contributed by atoms with van der Waals surface area (Å²) in [6, 6.07) is 4.52. The number of hydrogen-bond acceptors (Lipinski definition) is 3. The number of nitrogens with one attached hydrogen (secondary N) is 1. The summed E-state index contributed by atoms with van der Waals surface area (Å²) in [5, 5.41) is 5.40. The van der Waals surface area contributed by atoms with Crippen LogP contribution in [-0.4, -0.2) is 38.9 Å². The van der Waals surface area contributed by atoms with E-state index in [-0.39, 0.29) is 23.9 Å². The molecule has 2 aliphatic carbocycles. The topological polar surface area (TPSA) is 54.3 Å². The Kier molecular flexibility index (Phi) is 4.93. The fourth-order valence-corrected chi connectivity index (χ4v) is 6.56. The molecule has 2 fully saturated rings. The van der Waals surface area contributed by atoms with Crippen LogP contribution >= 0.6 is 11.3 Å². The van der Waals surface area contributed by atoms with Gasteiger partial charge in [-0.25, -0.2) is 0 Å². The first-order valence-electron chi connectivity index (χ1n) is 11.3. The minimum atomic E-state index is -0.836. The van der Waals surface area contributed by atoms with E-state index >= 15 is 0 Å². The van der Waals surface area contributed by atoms with Gasteiger partial charge in [-0.05, 0) is 50.1 Å². The zero-order valence-corrected chi connectivity index (χ0v) is 18.1. The summed E-state index contributed by atoms with van der Waals surface area (Å²) in [7, 11) is 0. The van der Waals surface area contributed by atoms with Crippen molar-refractivity contribution in [1.82, 2.24) is 14.8 Å². The molecule has 3 heterocycles. The number of carbonyl (C=O) groups excluding carboxylic acids is 2. The zero-order chi connectivity index (χ0) is 20.0. The maximum absolute atomic E-state index is 13.7. The number of rotatable bonds is 3. The first kappa shape index (κ1) is 19.2. The first-order valence-corrected chi connectivity index (χ1v) is 12.2. The highest BCUT2D eigenvalue weighted by Crippen LogP contribution is 2.38. The predicted molar refractivity (Wildman–Crippen MR) is 116 cm³/mol. The predicted octanol–water partition coefficient (Wildman–Crippen LogP) is 4.70. The lowest BCUT2D eigenvalue weighted by molar-refractivity contribution is -0.135. The highest BCUT2D eigenvalue weighted by Gasteiger charge is 2.50. The molecule has 0 aromatic carbocycles. The monoisotopic (exact) mass is 413 g/mol. The second-order valence-electron chi connectivity index (χ2n) is 9.34. The van der Waals surface area contributed by atoms with Crippen molar-refractivity contribution < 1.29 is 9.59 Å².